The van der Waals surface area contributed by atoms with E-state index >= 15 is 0 Å². The van der Waals surface area contributed by atoms with E-state index in [9.17, 15) is 18.3 Å². The maximum Gasteiger partial charge on any atom is 0.344 e. The first kappa shape index (κ1) is 21.1. The van der Waals surface area contributed by atoms with Crippen LogP contribution in [0.15, 0.2) is 41.3 Å². The number of sulfonamides is 1. The van der Waals surface area contributed by atoms with Crippen LogP contribution < -0.4 is 4.74 Å². The van der Waals surface area contributed by atoms with E-state index in [0.717, 1.165) is 11.1 Å². The third-order valence-corrected chi connectivity index (χ3v) is 6.99. The van der Waals surface area contributed by atoms with Crippen LogP contribution in [-0.2, 0) is 21.4 Å². The molecule has 0 saturated heterocycles. The molecule has 29 heavy (non-hydrogen) atoms. The Morgan fingerprint density at radius 2 is 2.00 bits per heavy atom. The van der Waals surface area contributed by atoms with Gasteiger partial charge in [-0.1, -0.05) is 19.9 Å². The molecule has 0 amide bonds. The predicted octanol–water partition coefficient (Wildman–Crippen LogP) is 3.25. The van der Waals surface area contributed by atoms with Crippen molar-refractivity contribution in [3.05, 3.63) is 53.1 Å². The maximum absolute atomic E-state index is 13.2. The molecule has 1 aliphatic rings. The number of benzene rings is 2. The van der Waals surface area contributed by atoms with Crippen molar-refractivity contribution in [3.63, 3.8) is 0 Å². The summed E-state index contributed by atoms with van der Waals surface area (Å²) in [7, 11) is -3.76. The van der Waals surface area contributed by atoms with Gasteiger partial charge in [-0.05, 0) is 66.3 Å². The van der Waals surface area contributed by atoms with Crippen molar-refractivity contribution >= 4 is 16.0 Å². The lowest BCUT2D eigenvalue weighted by Gasteiger charge is -2.32. The molecular weight excluding hydrogens is 394 g/mol. The maximum atomic E-state index is 13.2. The Morgan fingerprint density at radius 3 is 2.62 bits per heavy atom. The van der Waals surface area contributed by atoms with Gasteiger partial charge in [-0.3, -0.25) is 0 Å². The molecule has 156 valence electrons. The number of rotatable bonds is 6. The predicted molar refractivity (Wildman–Crippen MR) is 108 cm³/mol. The van der Waals surface area contributed by atoms with Crippen molar-refractivity contribution in [1.29, 1.82) is 0 Å². The third-order valence-electron chi connectivity index (χ3n) is 5.18. The Morgan fingerprint density at radius 1 is 1.28 bits per heavy atom. The number of carboxylic acids is 1. The summed E-state index contributed by atoms with van der Waals surface area (Å²) in [5.41, 5.74) is 2.37. The Kier molecular flexibility index (Phi) is 5.86. The number of hydrogen-bond donors (Lipinski definition) is 2. The zero-order chi connectivity index (χ0) is 21.3. The number of phenols is 1. The second-order valence-electron chi connectivity index (χ2n) is 7.36. The van der Waals surface area contributed by atoms with Gasteiger partial charge in [0, 0.05) is 13.1 Å². The van der Waals surface area contributed by atoms with Crippen molar-refractivity contribution in [2.45, 2.75) is 50.7 Å². The number of aromatic hydroxyl groups is 1. The summed E-state index contributed by atoms with van der Waals surface area (Å²) in [6.07, 6.45) is -0.685. The molecule has 0 saturated carbocycles. The minimum Gasteiger partial charge on any atom is -0.508 e. The molecule has 0 aliphatic carbocycles. The number of nitrogens with zero attached hydrogens (tertiary/aromatic N) is 1. The van der Waals surface area contributed by atoms with E-state index < -0.39 is 22.1 Å². The quantitative estimate of drug-likeness (QED) is 0.745. The summed E-state index contributed by atoms with van der Waals surface area (Å²) >= 11 is 0. The van der Waals surface area contributed by atoms with Gasteiger partial charge in [-0.15, -0.1) is 0 Å². The summed E-state index contributed by atoms with van der Waals surface area (Å²) in [5, 5.41) is 18.9. The van der Waals surface area contributed by atoms with Crippen molar-refractivity contribution in [3.8, 4) is 11.5 Å². The molecule has 0 aromatic heterocycles. The van der Waals surface area contributed by atoms with Gasteiger partial charge in [0.2, 0.25) is 10.0 Å². The van der Waals surface area contributed by atoms with Crippen LogP contribution in [0.5, 0.6) is 11.5 Å². The van der Waals surface area contributed by atoms with Crippen molar-refractivity contribution in [2.75, 3.05) is 6.54 Å². The number of phenolic OH excluding ortho intramolecular Hbond substituents is 1. The lowest BCUT2D eigenvalue weighted by atomic mass is 9.92. The van der Waals surface area contributed by atoms with Crippen molar-refractivity contribution < 1.29 is 28.2 Å². The van der Waals surface area contributed by atoms with Gasteiger partial charge in [0.15, 0.2) is 6.10 Å². The fourth-order valence-electron chi connectivity index (χ4n) is 3.58. The first-order valence-corrected chi connectivity index (χ1v) is 10.9. The van der Waals surface area contributed by atoms with Crippen LogP contribution in [-0.4, -0.2) is 41.6 Å². The molecule has 0 radical (unpaired) electrons. The van der Waals surface area contributed by atoms with Crippen molar-refractivity contribution in [1.82, 2.24) is 4.31 Å². The van der Waals surface area contributed by atoms with Gasteiger partial charge in [-0.2, -0.15) is 4.31 Å². The third kappa shape index (κ3) is 4.23. The minimum absolute atomic E-state index is 0.00120. The Hall–Kier alpha value is -2.58. The Labute approximate surface area is 170 Å². The first-order valence-electron chi connectivity index (χ1n) is 9.45. The summed E-state index contributed by atoms with van der Waals surface area (Å²) < 4.78 is 33.3. The summed E-state index contributed by atoms with van der Waals surface area (Å²) in [6, 6.07) is 9.49. The molecule has 0 fully saturated rings. The number of aliphatic carboxylic acids is 1. The van der Waals surface area contributed by atoms with E-state index in [1.807, 2.05) is 13.0 Å². The number of fused-ring (bicyclic) bond motifs is 1. The van der Waals surface area contributed by atoms with Crippen LogP contribution >= 0.6 is 0 Å². The summed E-state index contributed by atoms with van der Waals surface area (Å²) in [4.78, 5) is 11.3. The smallest absolute Gasteiger partial charge is 0.344 e. The summed E-state index contributed by atoms with van der Waals surface area (Å²) in [6.45, 7) is 5.88. The normalized spacial score (nSPS) is 18.1. The highest BCUT2D eigenvalue weighted by Gasteiger charge is 2.32. The number of carboxylic acid groups (broad SMARTS) is 1. The standard InChI is InChI=1S/C21H25NO6S/c1-4-19(21(24)25)28-20-8-6-17(9-13(20)2)29(26,27)22-11-14(3)18-7-5-16(23)10-15(18)12-22/h5-10,14,19,23H,4,11-12H2,1-3H3,(H,24,25). The first-order chi connectivity index (χ1) is 13.6. The van der Waals surface area contributed by atoms with Gasteiger partial charge in [0.05, 0.1) is 4.90 Å². The van der Waals surface area contributed by atoms with Crippen LogP contribution in [0.4, 0.5) is 0 Å². The van der Waals surface area contributed by atoms with E-state index in [-0.39, 0.29) is 23.1 Å². The average Bonchev–Trinajstić information content (AvgIpc) is 2.66. The molecule has 0 spiro atoms. The van der Waals surface area contributed by atoms with Crippen LogP contribution in [0.2, 0.25) is 0 Å². The molecular formula is C21H25NO6S. The molecule has 0 bridgehead atoms. The molecule has 3 rings (SSSR count). The fraction of sp³-hybridized carbons (Fsp3) is 0.381. The van der Waals surface area contributed by atoms with E-state index in [0.29, 0.717) is 24.3 Å². The van der Waals surface area contributed by atoms with E-state index in [2.05, 4.69) is 0 Å². The van der Waals surface area contributed by atoms with Crippen molar-refractivity contribution in [2.24, 2.45) is 0 Å². The van der Waals surface area contributed by atoms with Crippen LogP contribution in [0.1, 0.15) is 42.9 Å². The van der Waals surface area contributed by atoms with Crippen LogP contribution in [0, 0.1) is 6.92 Å². The highest BCUT2D eigenvalue weighted by atomic mass is 32.2. The minimum atomic E-state index is -3.76. The van der Waals surface area contributed by atoms with Gasteiger partial charge < -0.3 is 14.9 Å². The molecule has 8 heteroatoms. The Balaban J connectivity index is 1.88. The van der Waals surface area contributed by atoms with Gasteiger partial charge in [0.1, 0.15) is 11.5 Å². The molecule has 2 N–H and O–H groups in total. The Bertz CT molecular complexity index is 1030. The van der Waals surface area contributed by atoms with E-state index in [1.165, 1.54) is 22.5 Å². The number of carbonyl (C=O) groups is 1. The molecule has 7 nitrogen and oxygen atoms in total. The lowest BCUT2D eigenvalue weighted by molar-refractivity contribution is -0.145. The highest BCUT2D eigenvalue weighted by Crippen LogP contribution is 2.34. The molecule has 1 heterocycles. The molecule has 2 aromatic carbocycles. The lowest BCUT2D eigenvalue weighted by Crippen LogP contribution is -2.37. The monoisotopic (exact) mass is 419 g/mol. The zero-order valence-electron chi connectivity index (χ0n) is 16.6. The van der Waals surface area contributed by atoms with E-state index in [4.69, 9.17) is 9.84 Å². The van der Waals surface area contributed by atoms with E-state index in [1.54, 1.807) is 26.0 Å². The average molecular weight is 419 g/mol. The number of hydrogen-bond acceptors (Lipinski definition) is 5. The number of ether oxygens (including phenoxy) is 1. The molecule has 2 aromatic rings. The van der Waals surface area contributed by atoms with Crippen LogP contribution in [0.25, 0.3) is 0 Å². The fourth-order valence-corrected chi connectivity index (χ4v) is 5.17. The van der Waals surface area contributed by atoms with Gasteiger partial charge in [-0.25, -0.2) is 13.2 Å². The zero-order valence-corrected chi connectivity index (χ0v) is 17.4. The summed E-state index contributed by atoms with van der Waals surface area (Å²) in [5.74, 6) is -0.608. The highest BCUT2D eigenvalue weighted by molar-refractivity contribution is 7.89. The second kappa shape index (κ2) is 8.04. The second-order valence-corrected chi connectivity index (χ2v) is 9.30. The topological polar surface area (TPSA) is 104 Å². The number of aryl methyl sites for hydroxylation is 1. The molecule has 1 aliphatic heterocycles. The van der Waals surface area contributed by atoms with Gasteiger partial charge >= 0.3 is 5.97 Å². The molecule has 2 unspecified atom stereocenters. The SMILES string of the molecule is CCC(Oc1ccc(S(=O)(=O)N2Cc3cc(O)ccc3C(C)C2)cc1C)C(=O)O. The van der Waals surface area contributed by atoms with Crippen LogP contribution in [0.3, 0.4) is 0 Å². The molecule has 2 atom stereocenters. The van der Waals surface area contributed by atoms with Gasteiger partial charge in [0.25, 0.3) is 0 Å². The largest absolute Gasteiger partial charge is 0.508 e.